The van der Waals surface area contributed by atoms with E-state index in [1.54, 1.807) is 18.7 Å². The lowest BCUT2D eigenvalue weighted by atomic mass is 9.95. The highest BCUT2D eigenvalue weighted by atomic mass is 79.9. The number of nitrogens with one attached hydrogen (secondary N) is 2. The quantitative estimate of drug-likeness (QED) is 0.342. The summed E-state index contributed by atoms with van der Waals surface area (Å²) in [7, 11) is 0. The molecule has 2 N–H and O–H groups in total. The Bertz CT molecular complexity index is 1330. The lowest BCUT2D eigenvalue weighted by molar-refractivity contribution is -0.115. The van der Waals surface area contributed by atoms with Gasteiger partial charge >= 0.3 is 0 Å². The van der Waals surface area contributed by atoms with Crippen molar-refractivity contribution >= 4 is 55.1 Å². The molecule has 4 aromatic rings. The third-order valence-corrected chi connectivity index (χ3v) is 7.49. The number of aromatic nitrogens is 1. The van der Waals surface area contributed by atoms with E-state index in [1.807, 2.05) is 30.3 Å². The van der Waals surface area contributed by atoms with E-state index in [-0.39, 0.29) is 18.2 Å². The summed E-state index contributed by atoms with van der Waals surface area (Å²) in [5.41, 5.74) is 4.16. The maximum absolute atomic E-state index is 13.2. The summed E-state index contributed by atoms with van der Waals surface area (Å²) in [5.74, 6) is -0.330. The van der Waals surface area contributed by atoms with Crippen LogP contribution in [0, 0.1) is 0 Å². The van der Waals surface area contributed by atoms with Crippen LogP contribution in [0.25, 0.3) is 11.0 Å². The first kappa shape index (κ1) is 21.9. The van der Waals surface area contributed by atoms with Crippen molar-refractivity contribution in [1.82, 2.24) is 10.3 Å². The average Bonchev–Trinajstić information content (AvgIpc) is 3.38. The second-order valence-electron chi connectivity index (χ2n) is 8.09. The van der Waals surface area contributed by atoms with Gasteiger partial charge in [-0.3, -0.25) is 14.6 Å². The fourth-order valence-electron chi connectivity index (χ4n) is 4.20. The van der Waals surface area contributed by atoms with Crippen molar-refractivity contribution < 1.29 is 14.0 Å². The van der Waals surface area contributed by atoms with Gasteiger partial charge in [0.25, 0.3) is 5.91 Å². The highest BCUT2D eigenvalue weighted by Gasteiger charge is 2.26. The molecular weight excluding hydrogens is 502 g/mol. The van der Waals surface area contributed by atoms with Gasteiger partial charge in [0, 0.05) is 39.2 Å². The van der Waals surface area contributed by atoms with Crippen molar-refractivity contribution in [1.29, 1.82) is 0 Å². The summed E-state index contributed by atoms with van der Waals surface area (Å²) in [4.78, 5) is 31.5. The molecular formula is C25H22BrN3O3S. The first-order valence-corrected chi connectivity index (χ1v) is 12.5. The van der Waals surface area contributed by atoms with E-state index in [1.165, 1.54) is 16.2 Å². The third-order valence-electron chi connectivity index (χ3n) is 5.79. The maximum atomic E-state index is 13.2. The Balaban J connectivity index is 1.37. The normalized spacial score (nSPS) is 13.0. The van der Waals surface area contributed by atoms with Crippen LogP contribution in [0.1, 0.15) is 44.8 Å². The minimum Gasteiger partial charge on any atom is -0.464 e. The fourth-order valence-corrected chi connectivity index (χ4v) is 5.87. The molecule has 168 valence electrons. The molecule has 8 heteroatoms. The number of hydrogen-bond acceptors (Lipinski definition) is 5. The summed E-state index contributed by atoms with van der Waals surface area (Å²) in [6, 6.07) is 9.49. The number of carbonyl (C=O) groups is 2. The van der Waals surface area contributed by atoms with Gasteiger partial charge in [-0.2, -0.15) is 0 Å². The van der Waals surface area contributed by atoms with Gasteiger partial charge in [0.15, 0.2) is 0 Å². The van der Waals surface area contributed by atoms with E-state index in [2.05, 4.69) is 31.5 Å². The van der Waals surface area contributed by atoms with Gasteiger partial charge in [-0.15, -0.1) is 11.3 Å². The predicted molar refractivity (Wildman–Crippen MR) is 133 cm³/mol. The molecule has 0 saturated carbocycles. The molecule has 0 atom stereocenters. The Hall–Kier alpha value is -2.97. The van der Waals surface area contributed by atoms with Crippen LogP contribution in [0.5, 0.6) is 0 Å². The number of anilines is 1. The monoisotopic (exact) mass is 523 g/mol. The molecule has 0 saturated heterocycles. The summed E-state index contributed by atoms with van der Waals surface area (Å²) < 4.78 is 6.52. The Morgan fingerprint density at radius 3 is 2.91 bits per heavy atom. The molecule has 0 spiro atoms. The number of pyridine rings is 1. The molecule has 0 unspecified atom stereocenters. The van der Waals surface area contributed by atoms with Crippen molar-refractivity contribution in [2.24, 2.45) is 0 Å². The largest absolute Gasteiger partial charge is 0.464 e. The van der Waals surface area contributed by atoms with Crippen LogP contribution in [-0.4, -0.2) is 16.8 Å². The highest BCUT2D eigenvalue weighted by molar-refractivity contribution is 9.10. The fraction of sp³-hybridized carbons (Fsp3) is 0.240. The van der Waals surface area contributed by atoms with Crippen LogP contribution in [-0.2, 0) is 30.6 Å². The standard InChI is InChI=1S/C25H22BrN3O3S/c26-17-7-8-20-19(11-17)16(14-32-20)10-22(30)29-25-23(18-5-1-2-6-21(18)33-25)24(31)28-13-15-4-3-9-27-12-15/h3-4,7-9,11-12,14H,1-2,5-6,10,13H2,(H,28,31)(H,29,30). The summed E-state index contributed by atoms with van der Waals surface area (Å²) in [6.07, 6.45) is 9.19. The van der Waals surface area contributed by atoms with E-state index >= 15 is 0 Å². The average molecular weight is 524 g/mol. The number of benzene rings is 1. The molecule has 1 aromatic carbocycles. The summed E-state index contributed by atoms with van der Waals surface area (Å²) in [5, 5.41) is 7.55. The number of aryl methyl sites for hydroxylation is 1. The summed E-state index contributed by atoms with van der Waals surface area (Å²) >= 11 is 4.99. The van der Waals surface area contributed by atoms with E-state index in [9.17, 15) is 9.59 Å². The van der Waals surface area contributed by atoms with E-state index < -0.39 is 0 Å². The number of hydrogen-bond donors (Lipinski definition) is 2. The van der Waals surface area contributed by atoms with Crippen molar-refractivity contribution in [3.05, 3.63) is 80.6 Å². The molecule has 0 aliphatic heterocycles. The Morgan fingerprint density at radius 1 is 1.18 bits per heavy atom. The van der Waals surface area contributed by atoms with Gasteiger partial charge in [-0.25, -0.2) is 0 Å². The molecule has 1 aliphatic carbocycles. The zero-order valence-corrected chi connectivity index (χ0v) is 20.2. The molecule has 0 radical (unpaired) electrons. The molecule has 0 fully saturated rings. The SMILES string of the molecule is O=C(Cc1coc2ccc(Br)cc12)Nc1sc2c(c1C(=O)NCc1cccnc1)CCCC2. The Labute approximate surface area is 203 Å². The second-order valence-corrected chi connectivity index (χ2v) is 10.1. The molecule has 2 amide bonds. The van der Waals surface area contributed by atoms with Gasteiger partial charge in [-0.1, -0.05) is 22.0 Å². The molecule has 6 nitrogen and oxygen atoms in total. The predicted octanol–water partition coefficient (Wildman–Crippen LogP) is 5.64. The molecule has 3 heterocycles. The van der Waals surface area contributed by atoms with Crippen molar-refractivity contribution in [3.8, 4) is 0 Å². The number of thiophene rings is 1. The lowest BCUT2D eigenvalue weighted by Crippen LogP contribution is -2.25. The van der Waals surface area contributed by atoms with Crippen LogP contribution < -0.4 is 10.6 Å². The molecule has 0 bridgehead atoms. The number of furan rings is 1. The van der Waals surface area contributed by atoms with Gasteiger partial charge < -0.3 is 15.1 Å². The van der Waals surface area contributed by atoms with E-state index in [4.69, 9.17) is 4.42 Å². The Kier molecular flexibility index (Phi) is 6.28. The number of amides is 2. The van der Waals surface area contributed by atoms with Gasteiger partial charge in [0.1, 0.15) is 10.6 Å². The Morgan fingerprint density at radius 2 is 2.06 bits per heavy atom. The zero-order valence-electron chi connectivity index (χ0n) is 17.8. The minimum atomic E-state index is -0.169. The number of carbonyl (C=O) groups excluding carboxylic acids is 2. The number of halogens is 1. The number of nitrogens with zero attached hydrogens (tertiary/aromatic N) is 1. The zero-order chi connectivity index (χ0) is 22.8. The molecule has 3 aromatic heterocycles. The van der Waals surface area contributed by atoms with Crippen molar-refractivity contribution in [2.75, 3.05) is 5.32 Å². The smallest absolute Gasteiger partial charge is 0.254 e. The van der Waals surface area contributed by atoms with E-state index in [0.29, 0.717) is 17.1 Å². The topological polar surface area (TPSA) is 84.2 Å². The van der Waals surface area contributed by atoms with Crippen LogP contribution in [0.4, 0.5) is 5.00 Å². The van der Waals surface area contributed by atoms with Crippen LogP contribution in [0.3, 0.4) is 0 Å². The first-order chi connectivity index (χ1) is 16.1. The maximum Gasteiger partial charge on any atom is 0.254 e. The minimum absolute atomic E-state index is 0.161. The van der Waals surface area contributed by atoms with Gasteiger partial charge in [0.2, 0.25) is 5.91 Å². The second kappa shape index (κ2) is 9.49. The third kappa shape index (κ3) is 4.72. The molecule has 5 rings (SSSR count). The first-order valence-electron chi connectivity index (χ1n) is 10.9. The van der Waals surface area contributed by atoms with Crippen molar-refractivity contribution in [2.45, 2.75) is 38.6 Å². The van der Waals surface area contributed by atoms with E-state index in [0.717, 1.165) is 57.8 Å². The van der Waals surface area contributed by atoms with Crippen LogP contribution in [0.2, 0.25) is 0 Å². The number of rotatable bonds is 6. The number of fused-ring (bicyclic) bond motifs is 2. The summed E-state index contributed by atoms with van der Waals surface area (Å²) in [6.45, 7) is 0.389. The molecule has 33 heavy (non-hydrogen) atoms. The molecule has 1 aliphatic rings. The van der Waals surface area contributed by atoms with Crippen molar-refractivity contribution in [3.63, 3.8) is 0 Å². The van der Waals surface area contributed by atoms with Gasteiger partial charge in [-0.05, 0) is 61.1 Å². The van der Waals surface area contributed by atoms with Crippen LogP contribution in [0.15, 0.2) is 57.9 Å². The van der Waals surface area contributed by atoms with Crippen LogP contribution >= 0.6 is 27.3 Å². The highest BCUT2D eigenvalue weighted by Crippen LogP contribution is 2.38. The lowest BCUT2D eigenvalue weighted by Gasteiger charge is -2.13. The van der Waals surface area contributed by atoms with Gasteiger partial charge in [0.05, 0.1) is 18.2 Å².